The minimum Gasteiger partial charge on any atom is -0.506 e. The van der Waals surface area contributed by atoms with Gasteiger partial charge in [-0.05, 0) is 13.0 Å². The summed E-state index contributed by atoms with van der Waals surface area (Å²) in [6, 6.07) is 5.33. The van der Waals surface area contributed by atoms with Crippen LogP contribution in [-0.4, -0.2) is 25.3 Å². The maximum Gasteiger partial charge on any atom is 0.240 e. The first-order valence-corrected chi connectivity index (χ1v) is 5.42. The number of H-pyrrole nitrogens is 1. The van der Waals surface area contributed by atoms with Crippen molar-refractivity contribution in [2.45, 2.75) is 6.92 Å². The highest BCUT2D eigenvalue weighted by atomic mass is 16.3. The molecule has 0 aliphatic carbocycles. The zero-order chi connectivity index (χ0) is 12.7. The predicted octanol–water partition coefficient (Wildman–Crippen LogP) is 1.62. The number of aromatic nitrogens is 4. The molecule has 18 heavy (non-hydrogen) atoms. The normalized spacial score (nSPS) is 10.9. The van der Waals surface area contributed by atoms with Crippen LogP contribution < -0.4 is 5.73 Å². The highest BCUT2D eigenvalue weighted by Crippen LogP contribution is 2.34. The van der Waals surface area contributed by atoms with Crippen molar-refractivity contribution in [3.63, 3.8) is 0 Å². The minimum absolute atomic E-state index is 0.126. The molecule has 0 saturated carbocycles. The fraction of sp³-hybridized carbons (Fsp3) is 0.0833. The Morgan fingerprint density at radius 2 is 2.17 bits per heavy atom. The molecule has 6 nitrogen and oxygen atoms in total. The van der Waals surface area contributed by atoms with Gasteiger partial charge in [0.2, 0.25) is 5.95 Å². The first kappa shape index (κ1) is 10.5. The summed E-state index contributed by atoms with van der Waals surface area (Å²) in [6.07, 6.45) is 1.55. The van der Waals surface area contributed by atoms with Gasteiger partial charge in [-0.15, -0.1) is 5.10 Å². The van der Waals surface area contributed by atoms with Crippen molar-refractivity contribution in [2.75, 3.05) is 5.73 Å². The van der Waals surface area contributed by atoms with E-state index >= 15 is 0 Å². The van der Waals surface area contributed by atoms with Crippen LogP contribution in [0.1, 0.15) is 5.69 Å². The van der Waals surface area contributed by atoms with Crippen LogP contribution in [0, 0.1) is 6.92 Å². The summed E-state index contributed by atoms with van der Waals surface area (Å²) in [5, 5.41) is 18.1. The summed E-state index contributed by atoms with van der Waals surface area (Å²) in [4.78, 5) is 7.29. The summed E-state index contributed by atoms with van der Waals surface area (Å²) in [5.41, 5.74) is 8.64. The number of anilines is 1. The highest BCUT2D eigenvalue weighted by molar-refractivity contribution is 5.99. The van der Waals surface area contributed by atoms with Gasteiger partial charge in [-0.1, -0.05) is 12.1 Å². The molecule has 90 valence electrons. The lowest BCUT2D eigenvalue weighted by Crippen LogP contribution is -1.98. The molecule has 3 aromatic rings. The second-order valence-electron chi connectivity index (χ2n) is 4.02. The zero-order valence-electron chi connectivity index (χ0n) is 9.68. The lowest BCUT2D eigenvalue weighted by Gasteiger charge is -2.00. The Balaban J connectivity index is 2.36. The molecule has 0 saturated heterocycles. The molecule has 0 amide bonds. The van der Waals surface area contributed by atoms with Gasteiger partial charge in [-0.3, -0.25) is 0 Å². The molecular weight excluding hydrogens is 230 g/mol. The second kappa shape index (κ2) is 3.69. The Morgan fingerprint density at radius 1 is 1.33 bits per heavy atom. The molecule has 4 N–H and O–H groups in total. The van der Waals surface area contributed by atoms with E-state index in [-0.39, 0.29) is 11.7 Å². The summed E-state index contributed by atoms with van der Waals surface area (Å²) >= 11 is 0. The lowest BCUT2D eigenvalue weighted by molar-refractivity contribution is 0.480. The van der Waals surface area contributed by atoms with E-state index in [1.54, 1.807) is 18.3 Å². The van der Waals surface area contributed by atoms with E-state index < -0.39 is 0 Å². The van der Waals surface area contributed by atoms with Gasteiger partial charge in [0.25, 0.3) is 0 Å². The quantitative estimate of drug-likeness (QED) is 0.601. The molecule has 0 fully saturated rings. The zero-order valence-corrected chi connectivity index (χ0v) is 9.68. The number of aromatic hydroxyl groups is 1. The van der Waals surface area contributed by atoms with Crippen LogP contribution in [0.3, 0.4) is 0 Å². The minimum atomic E-state index is 0.126. The molecule has 0 atom stereocenters. The molecule has 0 bridgehead atoms. The van der Waals surface area contributed by atoms with Crippen LogP contribution in [0.25, 0.3) is 22.2 Å². The van der Waals surface area contributed by atoms with Crippen LogP contribution in [-0.2, 0) is 0 Å². The fourth-order valence-corrected chi connectivity index (χ4v) is 2.10. The van der Waals surface area contributed by atoms with Crippen molar-refractivity contribution < 1.29 is 5.11 Å². The van der Waals surface area contributed by atoms with Crippen molar-refractivity contribution >= 4 is 16.9 Å². The number of aryl methyl sites for hydroxylation is 1. The average molecular weight is 241 g/mol. The molecule has 2 heterocycles. The van der Waals surface area contributed by atoms with Gasteiger partial charge >= 0.3 is 0 Å². The third-order valence-electron chi connectivity index (χ3n) is 2.83. The van der Waals surface area contributed by atoms with Gasteiger partial charge in [-0.2, -0.15) is 5.10 Å². The third kappa shape index (κ3) is 1.46. The summed E-state index contributed by atoms with van der Waals surface area (Å²) < 4.78 is 0. The van der Waals surface area contributed by atoms with Gasteiger partial charge in [0.05, 0.1) is 17.4 Å². The SMILES string of the molecule is Cc1[nH]c2c(O)cccc2c1-c1cnnc(N)n1. The van der Waals surface area contributed by atoms with E-state index in [9.17, 15) is 5.11 Å². The van der Waals surface area contributed by atoms with Crippen LogP contribution in [0.15, 0.2) is 24.4 Å². The van der Waals surface area contributed by atoms with E-state index in [4.69, 9.17) is 5.73 Å². The van der Waals surface area contributed by atoms with Crippen LogP contribution in [0.4, 0.5) is 5.95 Å². The average Bonchev–Trinajstić information content (AvgIpc) is 2.67. The monoisotopic (exact) mass is 241 g/mol. The van der Waals surface area contributed by atoms with E-state index in [2.05, 4.69) is 20.2 Å². The largest absolute Gasteiger partial charge is 0.506 e. The number of phenolic OH excluding ortho intramolecular Hbond substituents is 1. The van der Waals surface area contributed by atoms with Gasteiger partial charge < -0.3 is 15.8 Å². The predicted molar refractivity (Wildman–Crippen MR) is 67.9 cm³/mol. The molecule has 0 aliphatic rings. The van der Waals surface area contributed by atoms with Crippen molar-refractivity contribution in [3.05, 3.63) is 30.1 Å². The molecular formula is C12H11N5O. The van der Waals surface area contributed by atoms with E-state index in [0.29, 0.717) is 11.2 Å². The smallest absolute Gasteiger partial charge is 0.240 e. The number of hydrogen-bond donors (Lipinski definition) is 3. The molecule has 3 rings (SSSR count). The number of fused-ring (bicyclic) bond motifs is 1. The number of para-hydroxylation sites is 1. The molecule has 0 aliphatic heterocycles. The maximum atomic E-state index is 9.81. The van der Waals surface area contributed by atoms with Crippen molar-refractivity contribution in [3.8, 4) is 17.0 Å². The number of nitrogen functional groups attached to an aromatic ring is 1. The van der Waals surface area contributed by atoms with Crippen LogP contribution in [0.2, 0.25) is 0 Å². The molecule has 6 heteroatoms. The number of nitrogens with one attached hydrogen (secondary N) is 1. The van der Waals surface area contributed by atoms with Crippen molar-refractivity contribution in [2.24, 2.45) is 0 Å². The Labute approximate surface area is 103 Å². The number of nitrogens with two attached hydrogens (primary N) is 1. The summed E-state index contributed by atoms with van der Waals surface area (Å²) in [6.45, 7) is 1.91. The topological polar surface area (TPSA) is 101 Å². The van der Waals surface area contributed by atoms with E-state index in [0.717, 1.165) is 16.6 Å². The standard InChI is InChI=1S/C12H11N5O/c1-6-10(8-5-14-17-12(13)16-8)7-3-2-4-9(18)11(7)15-6/h2-5,15,18H,1H3,(H2,13,16,17). The molecule has 0 radical (unpaired) electrons. The molecule has 0 unspecified atom stereocenters. The summed E-state index contributed by atoms with van der Waals surface area (Å²) in [5.74, 6) is 0.332. The van der Waals surface area contributed by atoms with Gasteiger partial charge in [-0.25, -0.2) is 4.98 Å². The van der Waals surface area contributed by atoms with Gasteiger partial charge in [0, 0.05) is 16.6 Å². The van der Waals surface area contributed by atoms with Gasteiger partial charge in [0.15, 0.2) is 0 Å². The Bertz CT molecular complexity index is 734. The molecule has 2 aromatic heterocycles. The second-order valence-corrected chi connectivity index (χ2v) is 4.02. The first-order valence-electron chi connectivity index (χ1n) is 5.42. The molecule has 1 aromatic carbocycles. The van der Waals surface area contributed by atoms with E-state index in [1.165, 1.54) is 0 Å². The number of aromatic amines is 1. The third-order valence-corrected chi connectivity index (χ3v) is 2.83. The Hall–Kier alpha value is -2.63. The van der Waals surface area contributed by atoms with Crippen molar-refractivity contribution in [1.29, 1.82) is 0 Å². The highest BCUT2D eigenvalue weighted by Gasteiger charge is 2.14. The van der Waals surface area contributed by atoms with Crippen LogP contribution in [0.5, 0.6) is 5.75 Å². The maximum absolute atomic E-state index is 9.81. The van der Waals surface area contributed by atoms with Gasteiger partial charge in [0.1, 0.15) is 5.75 Å². The number of hydrogen-bond acceptors (Lipinski definition) is 5. The van der Waals surface area contributed by atoms with Crippen LogP contribution >= 0.6 is 0 Å². The Morgan fingerprint density at radius 3 is 2.94 bits per heavy atom. The Kier molecular flexibility index (Phi) is 2.16. The van der Waals surface area contributed by atoms with Crippen molar-refractivity contribution in [1.82, 2.24) is 20.2 Å². The lowest BCUT2D eigenvalue weighted by atomic mass is 10.1. The van der Waals surface area contributed by atoms with E-state index in [1.807, 2.05) is 13.0 Å². The number of benzene rings is 1. The first-order chi connectivity index (χ1) is 8.66. The number of nitrogens with zero attached hydrogens (tertiary/aromatic N) is 3. The molecule has 0 spiro atoms. The fourth-order valence-electron chi connectivity index (χ4n) is 2.10. The number of phenols is 1. The summed E-state index contributed by atoms with van der Waals surface area (Å²) in [7, 11) is 0. The number of rotatable bonds is 1.